The van der Waals surface area contributed by atoms with Crippen molar-refractivity contribution in [3.63, 3.8) is 0 Å². The second kappa shape index (κ2) is 14.6. The molecule has 9 heteroatoms. The Kier molecular flexibility index (Phi) is 10.4. The van der Waals surface area contributed by atoms with E-state index in [9.17, 15) is 4.79 Å². The van der Waals surface area contributed by atoms with Crippen LogP contribution in [0, 0.1) is 0 Å². The van der Waals surface area contributed by atoms with Gasteiger partial charge in [-0.05, 0) is 66.1 Å². The van der Waals surface area contributed by atoms with Gasteiger partial charge in [-0.2, -0.15) is 0 Å². The van der Waals surface area contributed by atoms with Gasteiger partial charge in [0.05, 0.1) is 13.7 Å². The van der Waals surface area contributed by atoms with Crippen LogP contribution in [0.4, 0.5) is 0 Å². The summed E-state index contributed by atoms with van der Waals surface area (Å²) in [6.45, 7) is 0.859. The Morgan fingerprint density at radius 2 is 1.68 bits per heavy atom. The minimum absolute atomic E-state index is 0.0586. The van der Waals surface area contributed by atoms with Crippen LogP contribution < -0.4 is 14.8 Å². The van der Waals surface area contributed by atoms with Crippen LogP contribution in [-0.4, -0.2) is 49.3 Å². The number of carbonyl (C=O) groups excluding carboxylic acids is 1. The van der Waals surface area contributed by atoms with Gasteiger partial charge in [0.15, 0.2) is 11.6 Å². The summed E-state index contributed by atoms with van der Waals surface area (Å²) in [5.74, 6) is 1.48. The first-order valence-electron chi connectivity index (χ1n) is 14.4. The third kappa shape index (κ3) is 7.36. The summed E-state index contributed by atoms with van der Waals surface area (Å²) < 4.78 is 17.5. The number of aliphatic imine (C=N–C) groups is 1. The average molecular weight is 634 g/mol. The van der Waals surface area contributed by atoms with Crippen LogP contribution in [0.2, 0.25) is 10.0 Å². The lowest BCUT2D eigenvalue weighted by atomic mass is 9.82. The summed E-state index contributed by atoms with van der Waals surface area (Å²) in [4.78, 5) is 19.4. The standard InChI is InChI=1S/C35H34Cl2N2O5/c1-42-28-13-8-24(9-14-28)18-19-38-34(41)35(23-25-6-3-2-4-7-25)32(30-17-12-27(36)22-31(30)37)44-33(39-35)26-10-15-29(16-11-26)43-21-5-20-40/h2-4,6-17,22,32,40H,5,18-21,23H2,1H3,(H,38,41)/t32-,35-/m1/s1. The number of carbonyl (C=O) groups is 1. The summed E-state index contributed by atoms with van der Waals surface area (Å²) in [7, 11) is 1.63. The molecule has 1 aliphatic rings. The highest BCUT2D eigenvalue weighted by Gasteiger charge is 2.53. The smallest absolute Gasteiger partial charge is 0.252 e. The van der Waals surface area contributed by atoms with Crippen LogP contribution in [0.1, 0.15) is 34.8 Å². The fourth-order valence-electron chi connectivity index (χ4n) is 5.15. The van der Waals surface area contributed by atoms with E-state index < -0.39 is 11.6 Å². The fourth-order valence-corrected chi connectivity index (χ4v) is 5.65. The number of ether oxygens (including phenoxy) is 3. The van der Waals surface area contributed by atoms with Crippen LogP contribution in [-0.2, 0) is 22.4 Å². The average Bonchev–Trinajstić information content (AvgIpc) is 3.42. The van der Waals surface area contributed by atoms with Crippen molar-refractivity contribution in [3.05, 3.63) is 129 Å². The molecule has 2 N–H and O–H groups in total. The zero-order chi connectivity index (χ0) is 30.9. The van der Waals surface area contributed by atoms with E-state index in [1.807, 2.05) is 78.9 Å². The van der Waals surface area contributed by atoms with E-state index >= 15 is 0 Å². The number of rotatable bonds is 13. The number of aliphatic hydroxyl groups is 1. The van der Waals surface area contributed by atoms with Crippen molar-refractivity contribution in [1.29, 1.82) is 0 Å². The number of methoxy groups -OCH3 is 1. The zero-order valence-corrected chi connectivity index (χ0v) is 25.9. The molecule has 0 radical (unpaired) electrons. The van der Waals surface area contributed by atoms with Gasteiger partial charge >= 0.3 is 0 Å². The fraction of sp³-hybridized carbons (Fsp3) is 0.257. The lowest BCUT2D eigenvalue weighted by Gasteiger charge is -2.31. The van der Waals surface area contributed by atoms with Crippen LogP contribution in [0.3, 0.4) is 0 Å². The van der Waals surface area contributed by atoms with Crippen molar-refractivity contribution in [1.82, 2.24) is 5.32 Å². The molecule has 0 aliphatic carbocycles. The molecule has 0 fully saturated rings. The Hall–Kier alpha value is -4.04. The first-order chi connectivity index (χ1) is 21.4. The molecule has 0 aromatic heterocycles. The summed E-state index contributed by atoms with van der Waals surface area (Å²) in [6, 6.07) is 30.0. The molecule has 228 valence electrons. The van der Waals surface area contributed by atoms with Crippen LogP contribution in [0.25, 0.3) is 0 Å². The van der Waals surface area contributed by atoms with Crippen molar-refractivity contribution in [2.24, 2.45) is 4.99 Å². The summed E-state index contributed by atoms with van der Waals surface area (Å²) in [5.41, 5.74) is 1.92. The van der Waals surface area contributed by atoms with Crippen molar-refractivity contribution < 1.29 is 24.1 Å². The maximum absolute atomic E-state index is 14.4. The van der Waals surface area contributed by atoms with E-state index in [1.54, 1.807) is 25.3 Å². The first kappa shape index (κ1) is 31.4. The molecule has 4 aromatic carbocycles. The van der Waals surface area contributed by atoms with E-state index in [1.165, 1.54) is 0 Å². The predicted octanol–water partition coefficient (Wildman–Crippen LogP) is 6.62. The van der Waals surface area contributed by atoms with Crippen LogP contribution in [0.5, 0.6) is 11.5 Å². The predicted molar refractivity (Wildman–Crippen MR) is 173 cm³/mol. The lowest BCUT2D eigenvalue weighted by molar-refractivity contribution is -0.128. The molecule has 1 amide bonds. The van der Waals surface area contributed by atoms with Gasteiger partial charge in [-0.1, -0.05) is 71.7 Å². The summed E-state index contributed by atoms with van der Waals surface area (Å²) in [5, 5.41) is 13.0. The highest BCUT2D eigenvalue weighted by molar-refractivity contribution is 6.35. The molecule has 5 rings (SSSR count). The number of aliphatic hydroxyl groups excluding tert-OH is 1. The molecule has 0 unspecified atom stereocenters. The largest absolute Gasteiger partial charge is 0.497 e. The molecule has 4 aromatic rings. The molecule has 7 nitrogen and oxygen atoms in total. The van der Waals surface area contributed by atoms with Gasteiger partial charge in [-0.25, -0.2) is 4.99 Å². The zero-order valence-electron chi connectivity index (χ0n) is 24.3. The van der Waals surface area contributed by atoms with Crippen LogP contribution in [0.15, 0.2) is 102 Å². The Morgan fingerprint density at radius 3 is 2.36 bits per heavy atom. The lowest BCUT2D eigenvalue weighted by Crippen LogP contribution is -2.50. The topological polar surface area (TPSA) is 89.4 Å². The van der Waals surface area contributed by atoms with Gasteiger partial charge in [0.2, 0.25) is 5.90 Å². The molecule has 0 spiro atoms. The SMILES string of the molecule is COc1ccc(CCNC(=O)[C@]2(Cc3ccccc3)N=C(c3ccc(OCCCO)cc3)O[C@@H]2c2ccc(Cl)cc2Cl)cc1. The molecule has 0 saturated heterocycles. The van der Waals surface area contributed by atoms with E-state index in [2.05, 4.69) is 5.32 Å². The second-order valence-corrected chi connectivity index (χ2v) is 11.3. The van der Waals surface area contributed by atoms with Gasteiger partial charge in [0, 0.05) is 47.2 Å². The molecule has 44 heavy (non-hydrogen) atoms. The molecule has 0 saturated carbocycles. The summed E-state index contributed by atoms with van der Waals surface area (Å²) in [6.07, 6.45) is 0.608. The van der Waals surface area contributed by atoms with E-state index in [0.717, 1.165) is 16.9 Å². The van der Waals surface area contributed by atoms with E-state index in [-0.39, 0.29) is 18.9 Å². The number of hydrogen-bond acceptors (Lipinski definition) is 6. The van der Waals surface area contributed by atoms with Crippen LogP contribution >= 0.6 is 23.2 Å². The number of nitrogens with zero attached hydrogens (tertiary/aromatic N) is 1. The Labute approximate surface area is 267 Å². The number of halogens is 2. The van der Waals surface area contributed by atoms with Crippen molar-refractivity contribution in [2.75, 3.05) is 26.9 Å². The quantitative estimate of drug-likeness (QED) is 0.162. The number of benzene rings is 4. The third-order valence-corrected chi connectivity index (χ3v) is 8.01. The van der Waals surface area contributed by atoms with Gasteiger partial charge in [0.1, 0.15) is 11.5 Å². The van der Waals surface area contributed by atoms with Crippen molar-refractivity contribution in [3.8, 4) is 11.5 Å². The van der Waals surface area contributed by atoms with E-state index in [0.29, 0.717) is 58.8 Å². The molecular weight excluding hydrogens is 599 g/mol. The van der Waals surface area contributed by atoms with Gasteiger partial charge < -0.3 is 24.6 Å². The second-order valence-electron chi connectivity index (χ2n) is 10.5. The molecule has 2 atom stereocenters. The normalized spacial score (nSPS) is 17.5. The Bertz CT molecular complexity index is 1580. The highest BCUT2D eigenvalue weighted by atomic mass is 35.5. The highest BCUT2D eigenvalue weighted by Crippen LogP contribution is 2.45. The molecule has 1 aliphatic heterocycles. The molecule has 1 heterocycles. The summed E-state index contributed by atoms with van der Waals surface area (Å²) >= 11 is 13.0. The van der Waals surface area contributed by atoms with E-state index in [4.69, 9.17) is 47.5 Å². The molecule has 0 bridgehead atoms. The number of nitrogens with one attached hydrogen (secondary N) is 1. The van der Waals surface area contributed by atoms with Gasteiger partial charge in [0.25, 0.3) is 5.91 Å². The Balaban J connectivity index is 1.50. The first-order valence-corrected chi connectivity index (χ1v) is 15.2. The van der Waals surface area contributed by atoms with Gasteiger partial charge in [-0.15, -0.1) is 0 Å². The maximum atomic E-state index is 14.4. The number of amides is 1. The monoisotopic (exact) mass is 632 g/mol. The van der Waals surface area contributed by atoms with Crippen molar-refractivity contribution in [2.45, 2.75) is 30.9 Å². The number of hydrogen-bond donors (Lipinski definition) is 2. The third-order valence-electron chi connectivity index (χ3n) is 7.45. The minimum atomic E-state index is -1.37. The van der Waals surface area contributed by atoms with Crippen molar-refractivity contribution >= 4 is 35.0 Å². The molecular formula is C35H34Cl2N2O5. The minimum Gasteiger partial charge on any atom is -0.497 e. The maximum Gasteiger partial charge on any atom is 0.252 e. The van der Waals surface area contributed by atoms with Gasteiger partial charge in [-0.3, -0.25) is 4.79 Å². The Morgan fingerprint density at radius 1 is 0.955 bits per heavy atom.